The summed E-state index contributed by atoms with van der Waals surface area (Å²) in [5.74, 6) is 0. The number of rotatable bonds is 5. The van der Waals surface area contributed by atoms with Crippen LogP contribution in [0.1, 0.15) is 37.8 Å². The molecule has 2 heteroatoms. The first-order chi connectivity index (χ1) is 9.63. The van der Waals surface area contributed by atoms with Crippen molar-refractivity contribution in [1.82, 2.24) is 10.2 Å². The Balaban J connectivity index is 1.71. The van der Waals surface area contributed by atoms with Gasteiger partial charge in [-0.25, -0.2) is 0 Å². The fourth-order valence-electron chi connectivity index (χ4n) is 2.72. The van der Waals surface area contributed by atoms with E-state index in [2.05, 4.69) is 61.3 Å². The zero-order valence-electron chi connectivity index (χ0n) is 13.2. The van der Waals surface area contributed by atoms with Crippen LogP contribution in [0, 0.1) is 6.92 Å². The molecule has 0 bridgehead atoms. The summed E-state index contributed by atoms with van der Waals surface area (Å²) in [6, 6.07) is 9.47. The quantitative estimate of drug-likeness (QED) is 0.825. The normalized spacial score (nSPS) is 17.1. The lowest BCUT2D eigenvalue weighted by Crippen LogP contribution is -2.42. The Morgan fingerprint density at radius 1 is 1.30 bits per heavy atom. The smallest absolute Gasteiger partial charge is 0.0208 e. The molecule has 1 aliphatic heterocycles. The zero-order valence-corrected chi connectivity index (χ0v) is 13.2. The molecule has 1 aromatic carbocycles. The molecule has 1 aromatic rings. The number of benzene rings is 1. The third kappa shape index (κ3) is 5.10. The Hall–Kier alpha value is -1.12. The average molecular weight is 272 g/mol. The second kappa shape index (κ2) is 7.61. The van der Waals surface area contributed by atoms with Crippen molar-refractivity contribution in [3.63, 3.8) is 0 Å². The summed E-state index contributed by atoms with van der Waals surface area (Å²) in [6.07, 6.45) is 4.87. The van der Waals surface area contributed by atoms with E-state index < -0.39 is 0 Å². The highest BCUT2D eigenvalue weighted by molar-refractivity contribution is 5.22. The van der Waals surface area contributed by atoms with Gasteiger partial charge in [-0.1, -0.05) is 41.5 Å². The van der Waals surface area contributed by atoms with Gasteiger partial charge in [0, 0.05) is 19.1 Å². The van der Waals surface area contributed by atoms with E-state index in [4.69, 9.17) is 0 Å². The highest BCUT2D eigenvalue weighted by Crippen LogP contribution is 2.12. The molecule has 0 aromatic heterocycles. The van der Waals surface area contributed by atoms with Crippen molar-refractivity contribution in [3.8, 4) is 0 Å². The predicted molar refractivity (Wildman–Crippen MR) is 86.9 cm³/mol. The van der Waals surface area contributed by atoms with E-state index in [1.165, 1.54) is 42.6 Å². The second-order valence-corrected chi connectivity index (χ2v) is 6.23. The molecular formula is C18H28N2. The van der Waals surface area contributed by atoms with E-state index in [1.807, 2.05) is 0 Å². The topological polar surface area (TPSA) is 15.3 Å². The minimum absolute atomic E-state index is 0.679. The van der Waals surface area contributed by atoms with Gasteiger partial charge in [-0.3, -0.25) is 4.90 Å². The van der Waals surface area contributed by atoms with Gasteiger partial charge in [0.1, 0.15) is 0 Å². The number of nitrogens with one attached hydrogen (secondary N) is 1. The Morgan fingerprint density at radius 3 is 2.70 bits per heavy atom. The summed E-state index contributed by atoms with van der Waals surface area (Å²) < 4.78 is 0. The number of hydrogen-bond donors (Lipinski definition) is 1. The minimum Gasteiger partial charge on any atom is -0.310 e. The summed E-state index contributed by atoms with van der Waals surface area (Å²) in [4.78, 5) is 2.55. The first-order valence-electron chi connectivity index (χ1n) is 7.78. The van der Waals surface area contributed by atoms with Crippen molar-refractivity contribution in [1.29, 1.82) is 0 Å². The van der Waals surface area contributed by atoms with Crippen molar-refractivity contribution in [3.05, 3.63) is 47.0 Å². The van der Waals surface area contributed by atoms with Gasteiger partial charge in [0.15, 0.2) is 0 Å². The molecule has 20 heavy (non-hydrogen) atoms. The molecule has 2 rings (SSSR count). The van der Waals surface area contributed by atoms with Crippen molar-refractivity contribution < 1.29 is 0 Å². The molecule has 1 heterocycles. The van der Waals surface area contributed by atoms with Crippen LogP contribution >= 0.6 is 0 Å². The number of aryl methyl sites for hydroxylation is 1. The molecule has 0 unspecified atom stereocenters. The molecule has 0 aliphatic carbocycles. The standard InChI is InChI=1S/C18H28N2/c1-15(2)7-10-20-11-8-18(9-12-20)19-14-17-6-4-5-16(3)13-17/h4-7,13,18-19H,8-12,14H2,1-3H3. The maximum Gasteiger partial charge on any atom is 0.0208 e. The Labute approximate surface area is 123 Å². The number of allylic oxidation sites excluding steroid dienone is 1. The van der Waals surface area contributed by atoms with Crippen molar-refractivity contribution in [2.24, 2.45) is 0 Å². The molecule has 2 nitrogen and oxygen atoms in total. The Kier molecular flexibility index (Phi) is 5.81. The van der Waals surface area contributed by atoms with Gasteiger partial charge in [-0.15, -0.1) is 0 Å². The summed E-state index contributed by atoms with van der Waals surface area (Å²) >= 11 is 0. The van der Waals surface area contributed by atoms with Crippen LogP contribution in [0.5, 0.6) is 0 Å². The maximum absolute atomic E-state index is 3.71. The molecule has 1 N–H and O–H groups in total. The van der Waals surface area contributed by atoms with Gasteiger partial charge in [0.25, 0.3) is 0 Å². The van der Waals surface area contributed by atoms with Gasteiger partial charge in [0.2, 0.25) is 0 Å². The van der Waals surface area contributed by atoms with E-state index in [0.29, 0.717) is 6.04 Å². The van der Waals surface area contributed by atoms with E-state index in [1.54, 1.807) is 0 Å². The van der Waals surface area contributed by atoms with Crippen molar-refractivity contribution in [2.75, 3.05) is 19.6 Å². The zero-order chi connectivity index (χ0) is 14.4. The second-order valence-electron chi connectivity index (χ2n) is 6.23. The first-order valence-corrected chi connectivity index (χ1v) is 7.78. The van der Waals surface area contributed by atoms with E-state index >= 15 is 0 Å². The molecule has 0 saturated carbocycles. The minimum atomic E-state index is 0.679. The maximum atomic E-state index is 3.71. The number of piperidine rings is 1. The summed E-state index contributed by atoms with van der Waals surface area (Å²) in [7, 11) is 0. The summed E-state index contributed by atoms with van der Waals surface area (Å²) in [5.41, 5.74) is 4.17. The molecule has 0 atom stereocenters. The van der Waals surface area contributed by atoms with Crippen LogP contribution in [-0.2, 0) is 6.54 Å². The van der Waals surface area contributed by atoms with Crippen LogP contribution in [0.3, 0.4) is 0 Å². The fraction of sp³-hybridized carbons (Fsp3) is 0.556. The Morgan fingerprint density at radius 2 is 2.05 bits per heavy atom. The van der Waals surface area contributed by atoms with Crippen molar-refractivity contribution in [2.45, 2.75) is 46.2 Å². The van der Waals surface area contributed by atoms with Crippen LogP contribution in [-0.4, -0.2) is 30.6 Å². The molecule has 1 aliphatic rings. The monoisotopic (exact) mass is 272 g/mol. The van der Waals surface area contributed by atoms with Crippen LogP contribution < -0.4 is 5.32 Å². The number of hydrogen-bond acceptors (Lipinski definition) is 2. The third-order valence-electron chi connectivity index (χ3n) is 4.02. The summed E-state index contributed by atoms with van der Waals surface area (Å²) in [6.45, 7) is 11.1. The van der Waals surface area contributed by atoms with Crippen LogP contribution in [0.2, 0.25) is 0 Å². The van der Waals surface area contributed by atoms with Gasteiger partial charge < -0.3 is 5.32 Å². The lowest BCUT2D eigenvalue weighted by molar-refractivity contribution is 0.214. The third-order valence-corrected chi connectivity index (χ3v) is 4.02. The largest absolute Gasteiger partial charge is 0.310 e. The van der Waals surface area contributed by atoms with E-state index in [9.17, 15) is 0 Å². The summed E-state index contributed by atoms with van der Waals surface area (Å²) in [5, 5.41) is 3.71. The molecule has 0 amide bonds. The fourth-order valence-corrected chi connectivity index (χ4v) is 2.72. The van der Waals surface area contributed by atoms with Crippen LogP contribution in [0.4, 0.5) is 0 Å². The van der Waals surface area contributed by atoms with Gasteiger partial charge in [-0.2, -0.15) is 0 Å². The molecule has 110 valence electrons. The highest BCUT2D eigenvalue weighted by Gasteiger charge is 2.17. The number of likely N-dealkylation sites (tertiary alicyclic amines) is 1. The number of nitrogens with zero attached hydrogens (tertiary/aromatic N) is 1. The van der Waals surface area contributed by atoms with E-state index in [-0.39, 0.29) is 0 Å². The van der Waals surface area contributed by atoms with Gasteiger partial charge in [0.05, 0.1) is 0 Å². The molecule has 1 fully saturated rings. The van der Waals surface area contributed by atoms with Crippen LogP contribution in [0.15, 0.2) is 35.9 Å². The molecule has 0 spiro atoms. The lowest BCUT2D eigenvalue weighted by Gasteiger charge is -2.32. The van der Waals surface area contributed by atoms with E-state index in [0.717, 1.165) is 13.1 Å². The lowest BCUT2D eigenvalue weighted by atomic mass is 10.0. The SMILES string of the molecule is CC(C)=CCN1CCC(NCc2cccc(C)c2)CC1. The molecule has 1 saturated heterocycles. The molecular weight excluding hydrogens is 244 g/mol. The average Bonchev–Trinajstić information content (AvgIpc) is 2.44. The Bertz CT molecular complexity index is 438. The predicted octanol–water partition coefficient (Wildman–Crippen LogP) is 3.52. The van der Waals surface area contributed by atoms with Gasteiger partial charge >= 0.3 is 0 Å². The highest BCUT2D eigenvalue weighted by atomic mass is 15.1. The molecule has 0 radical (unpaired) electrons. The van der Waals surface area contributed by atoms with Gasteiger partial charge in [-0.05, 0) is 52.3 Å². The van der Waals surface area contributed by atoms with Crippen LogP contribution in [0.25, 0.3) is 0 Å². The first kappa shape index (κ1) is 15.3. The van der Waals surface area contributed by atoms with Crippen molar-refractivity contribution >= 4 is 0 Å².